The molecule has 1 aromatic rings. The molecule has 0 aliphatic heterocycles. The Bertz CT molecular complexity index is 352. The van der Waals surface area contributed by atoms with Crippen LogP contribution in [-0.4, -0.2) is 18.6 Å². The Hall–Kier alpha value is -0.670. The van der Waals surface area contributed by atoms with Gasteiger partial charge in [0.15, 0.2) is 0 Å². The monoisotopic (exact) mass is 236 g/mol. The fraction of sp³-hybridized carbons (Fsp3) is 0.538. The van der Waals surface area contributed by atoms with Crippen LogP contribution in [0.1, 0.15) is 30.0 Å². The van der Waals surface area contributed by atoms with Gasteiger partial charge in [-0.15, -0.1) is 0 Å². The maximum Gasteiger partial charge on any atom is 0.0326 e. The van der Waals surface area contributed by atoms with Gasteiger partial charge in [0.05, 0.1) is 0 Å². The molecule has 0 saturated carbocycles. The van der Waals surface area contributed by atoms with Gasteiger partial charge in [-0.1, -0.05) is 6.07 Å². The third-order valence-corrected chi connectivity index (χ3v) is 3.86. The maximum absolute atomic E-state index is 5.79. The molecule has 3 N–H and O–H groups in total. The Balaban J connectivity index is 1.91. The highest BCUT2D eigenvalue weighted by molar-refractivity contribution is 7.98. The number of rotatable bonds is 5. The van der Waals surface area contributed by atoms with Crippen molar-refractivity contribution in [2.45, 2.75) is 25.3 Å². The number of nitrogens with two attached hydrogens (primary N) is 1. The fourth-order valence-corrected chi connectivity index (χ4v) is 2.78. The maximum atomic E-state index is 5.79. The molecule has 0 aromatic heterocycles. The van der Waals surface area contributed by atoms with Crippen molar-refractivity contribution in [2.24, 2.45) is 0 Å². The molecule has 16 heavy (non-hydrogen) atoms. The largest absolute Gasteiger partial charge is 0.399 e. The van der Waals surface area contributed by atoms with Gasteiger partial charge in [-0.25, -0.2) is 0 Å². The number of nitrogens with one attached hydrogen (secondary N) is 1. The first-order valence-electron chi connectivity index (χ1n) is 5.92. The Morgan fingerprint density at radius 3 is 3.19 bits per heavy atom. The lowest BCUT2D eigenvalue weighted by Gasteiger charge is -2.13. The second-order valence-corrected chi connectivity index (χ2v) is 5.34. The number of thioether (sulfide) groups is 1. The first kappa shape index (κ1) is 11.8. The van der Waals surface area contributed by atoms with Crippen molar-refractivity contribution in [3.63, 3.8) is 0 Å². The van der Waals surface area contributed by atoms with Gasteiger partial charge >= 0.3 is 0 Å². The van der Waals surface area contributed by atoms with E-state index >= 15 is 0 Å². The smallest absolute Gasteiger partial charge is 0.0326 e. The SMILES string of the molecule is CSCCCNC1CCc2cc(N)ccc21. The Morgan fingerprint density at radius 1 is 1.50 bits per heavy atom. The summed E-state index contributed by atoms with van der Waals surface area (Å²) in [5.41, 5.74) is 9.57. The predicted molar refractivity (Wildman–Crippen MR) is 72.9 cm³/mol. The second-order valence-electron chi connectivity index (χ2n) is 4.35. The van der Waals surface area contributed by atoms with E-state index in [2.05, 4.69) is 23.7 Å². The highest BCUT2D eigenvalue weighted by Crippen LogP contribution is 2.32. The summed E-state index contributed by atoms with van der Waals surface area (Å²) < 4.78 is 0. The van der Waals surface area contributed by atoms with Crippen LogP contribution in [-0.2, 0) is 6.42 Å². The molecule has 1 atom stereocenters. The molecule has 0 heterocycles. The Morgan fingerprint density at radius 2 is 2.38 bits per heavy atom. The Kier molecular flexibility index (Phi) is 4.13. The number of nitrogen functional groups attached to an aromatic ring is 1. The number of aryl methyl sites for hydroxylation is 1. The van der Waals surface area contributed by atoms with Gasteiger partial charge in [-0.05, 0) is 61.1 Å². The molecule has 2 nitrogen and oxygen atoms in total. The summed E-state index contributed by atoms with van der Waals surface area (Å²) in [6.07, 6.45) is 5.80. The van der Waals surface area contributed by atoms with E-state index in [1.165, 1.54) is 36.1 Å². The van der Waals surface area contributed by atoms with Crippen molar-refractivity contribution in [3.8, 4) is 0 Å². The standard InChI is InChI=1S/C13H20N2S/c1-16-8-2-7-15-13-6-3-10-9-11(14)4-5-12(10)13/h4-5,9,13,15H,2-3,6-8,14H2,1H3. The summed E-state index contributed by atoms with van der Waals surface area (Å²) in [6, 6.07) is 6.88. The molecule has 2 rings (SSSR count). The van der Waals surface area contributed by atoms with Crippen molar-refractivity contribution in [3.05, 3.63) is 29.3 Å². The van der Waals surface area contributed by atoms with Crippen molar-refractivity contribution in [1.29, 1.82) is 0 Å². The van der Waals surface area contributed by atoms with Gasteiger partial charge in [0.1, 0.15) is 0 Å². The van der Waals surface area contributed by atoms with E-state index in [0.29, 0.717) is 6.04 Å². The fourth-order valence-electron chi connectivity index (χ4n) is 2.34. The molecule has 88 valence electrons. The lowest BCUT2D eigenvalue weighted by Crippen LogP contribution is -2.20. The lowest BCUT2D eigenvalue weighted by atomic mass is 10.1. The second kappa shape index (κ2) is 5.60. The molecular weight excluding hydrogens is 216 g/mol. The van der Waals surface area contributed by atoms with Crippen LogP contribution >= 0.6 is 11.8 Å². The van der Waals surface area contributed by atoms with Crippen LogP contribution in [0.15, 0.2) is 18.2 Å². The summed E-state index contributed by atoms with van der Waals surface area (Å²) >= 11 is 1.92. The van der Waals surface area contributed by atoms with E-state index in [4.69, 9.17) is 5.73 Å². The van der Waals surface area contributed by atoms with Gasteiger partial charge in [0, 0.05) is 11.7 Å². The third-order valence-electron chi connectivity index (χ3n) is 3.16. The average molecular weight is 236 g/mol. The van der Waals surface area contributed by atoms with Gasteiger partial charge < -0.3 is 11.1 Å². The minimum absolute atomic E-state index is 0.553. The first-order valence-corrected chi connectivity index (χ1v) is 7.31. The molecule has 1 unspecified atom stereocenters. The minimum Gasteiger partial charge on any atom is -0.399 e. The van der Waals surface area contributed by atoms with Gasteiger partial charge in [0.2, 0.25) is 0 Å². The van der Waals surface area contributed by atoms with Crippen LogP contribution in [0.4, 0.5) is 5.69 Å². The zero-order chi connectivity index (χ0) is 11.4. The van der Waals surface area contributed by atoms with Crippen LogP contribution in [0.2, 0.25) is 0 Å². The first-order chi connectivity index (χ1) is 7.81. The number of hydrogen-bond donors (Lipinski definition) is 2. The molecule has 0 radical (unpaired) electrons. The molecule has 1 aliphatic carbocycles. The highest BCUT2D eigenvalue weighted by atomic mass is 32.2. The molecular formula is C13H20N2S. The van der Waals surface area contributed by atoms with E-state index in [0.717, 1.165) is 12.2 Å². The van der Waals surface area contributed by atoms with Crippen LogP contribution < -0.4 is 11.1 Å². The Labute approximate surface area is 102 Å². The van der Waals surface area contributed by atoms with Crippen LogP contribution in [0.3, 0.4) is 0 Å². The molecule has 0 bridgehead atoms. The average Bonchev–Trinajstić information content (AvgIpc) is 2.67. The quantitative estimate of drug-likeness (QED) is 0.609. The van der Waals surface area contributed by atoms with Crippen LogP contribution in [0.25, 0.3) is 0 Å². The van der Waals surface area contributed by atoms with Crippen molar-refractivity contribution in [1.82, 2.24) is 5.32 Å². The van der Waals surface area contributed by atoms with Crippen molar-refractivity contribution in [2.75, 3.05) is 24.3 Å². The molecule has 0 spiro atoms. The third kappa shape index (κ3) is 2.71. The molecule has 0 saturated heterocycles. The van der Waals surface area contributed by atoms with Gasteiger partial charge in [0.25, 0.3) is 0 Å². The van der Waals surface area contributed by atoms with Gasteiger partial charge in [-0.3, -0.25) is 0 Å². The van der Waals surface area contributed by atoms with E-state index in [1.807, 2.05) is 17.8 Å². The number of anilines is 1. The number of benzene rings is 1. The zero-order valence-electron chi connectivity index (χ0n) is 9.83. The van der Waals surface area contributed by atoms with E-state index in [9.17, 15) is 0 Å². The molecule has 1 aromatic carbocycles. The predicted octanol–water partition coefficient (Wildman–Crippen LogP) is 2.60. The van der Waals surface area contributed by atoms with Crippen molar-refractivity contribution >= 4 is 17.4 Å². The van der Waals surface area contributed by atoms with E-state index < -0.39 is 0 Å². The topological polar surface area (TPSA) is 38.0 Å². The summed E-state index contributed by atoms with van der Waals surface area (Å²) in [7, 11) is 0. The normalized spacial score (nSPS) is 18.7. The molecule has 3 heteroatoms. The highest BCUT2D eigenvalue weighted by Gasteiger charge is 2.21. The minimum atomic E-state index is 0.553. The molecule has 0 amide bonds. The molecule has 1 aliphatic rings. The van der Waals surface area contributed by atoms with Gasteiger partial charge in [-0.2, -0.15) is 11.8 Å². The van der Waals surface area contributed by atoms with Crippen LogP contribution in [0.5, 0.6) is 0 Å². The number of fused-ring (bicyclic) bond motifs is 1. The van der Waals surface area contributed by atoms with Crippen LogP contribution in [0, 0.1) is 0 Å². The lowest BCUT2D eigenvalue weighted by molar-refractivity contribution is 0.530. The van der Waals surface area contributed by atoms with Crippen molar-refractivity contribution < 1.29 is 0 Å². The summed E-state index contributed by atoms with van der Waals surface area (Å²) in [5.74, 6) is 1.24. The summed E-state index contributed by atoms with van der Waals surface area (Å²) in [4.78, 5) is 0. The molecule has 0 fully saturated rings. The zero-order valence-corrected chi connectivity index (χ0v) is 10.6. The summed E-state index contributed by atoms with van der Waals surface area (Å²) in [5, 5.41) is 3.64. The summed E-state index contributed by atoms with van der Waals surface area (Å²) in [6.45, 7) is 1.12. The van der Waals surface area contributed by atoms with E-state index in [-0.39, 0.29) is 0 Å². The number of hydrogen-bond acceptors (Lipinski definition) is 3. The van der Waals surface area contributed by atoms with E-state index in [1.54, 1.807) is 0 Å².